The molecule has 0 heterocycles. The van der Waals surface area contributed by atoms with Crippen LogP contribution in [0.15, 0.2) is 47.6 Å². The van der Waals surface area contributed by atoms with E-state index in [9.17, 15) is 10.2 Å². The molecular weight excluding hydrogens is 360 g/mol. The number of hydrogen-bond acceptors (Lipinski definition) is 3. The SMILES string of the molecule is C=C(C)CCO[C@@H](C)[C@H]1CC[C@H]2/C(=C/C=C3/C[C@@H](O)C[C@H](O)C3=C)CCC[C@]12C. The third-order valence-electron chi connectivity index (χ3n) is 7.78. The fourth-order valence-corrected chi connectivity index (χ4v) is 6.05. The normalized spacial score (nSPS) is 39.0. The summed E-state index contributed by atoms with van der Waals surface area (Å²) in [5.41, 5.74) is 4.79. The molecule has 0 aromatic carbocycles. The molecule has 0 spiro atoms. The molecule has 3 aliphatic rings. The lowest BCUT2D eigenvalue weighted by Crippen LogP contribution is -2.38. The summed E-state index contributed by atoms with van der Waals surface area (Å²) in [5.74, 6) is 1.21. The van der Waals surface area contributed by atoms with Crippen LogP contribution in [0.3, 0.4) is 0 Å². The number of hydrogen-bond donors (Lipinski definition) is 2. The van der Waals surface area contributed by atoms with Gasteiger partial charge in [0.05, 0.1) is 24.9 Å². The lowest BCUT2D eigenvalue weighted by Gasteiger charge is -2.44. The minimum absolute atomic E-state index is 0.283. The zero-order valence-electron chi connectivity index (χ0n) is 18.6. The summed E-state index contributed by atoms with van der Waals surface area (Å²) in [7, 11) is 0. The van der Waals surface area contributed by atoms with Crippen molar-refractivity contribution in [2.45, 2.75) is 90.4 Å². The van der Waals surface area contributed by atoms with Crippen molar-refractivity contribution < 1.29 is 14.9 Å². The second-order valence-electron chi connectivity index (χ2n) is 9.95. The number of fused-ring (bicyclic) bond motifs is 1. The Bertz CT molecular complexity index is 688. The van der Waals surface area contributed by atoms with Crippen LogP contribution in [0, 0.1) is 17.3 Å². The zero-order valence-corrected chi connectivity index (χ0v) is 18.6. The first-order valence-electron chi connectivity index (χ1n) is 11.4. The van der Waals surface area contributed by atoms with Crippen molar-refractivity contribution in [2.24, 2.45) is 17.3 Å². The van der Waals surface area contributed by atoms with Crippen molar-refractivity contribution in [1.29, 1.82) is 0 Å². The molecule has 6 atom stereocenters. The van der Waals surface area contributed by atoms with E-state index < -0.39 is 12.2 Å². The predicted molar refractivity (Wildman–Crippen MR) is 120 cm³/mol. The molecule has 2 N–H and O–H groups in total. The Kier molecular flexibility index (Phi) is 7.24. The molecule has 0 radical (unpaired) electrons. The molecule has 0 amide bonds. The van der Waals surface area contributed by atoms with Crippen LogP contribution >= 0.6 is 0 Å². The largest absolute Gasteiger partial charge is 0.393 e. The Balaban J connectivity index is 1.72. The Morgan fingerprint density at radius 2 is 2.07 bits per heavy atom. The van der Waals surface area contributed by atoms with E-state index in [1.165, 1.54) is 36.8 Å². The molecular formula is C26H40O3. The highest BCUT2D eigenvalue weighted by Gasteiger charge is 2.51. The van der Waals surface area contributed by atoms with Gasteiger partial charge in [-0.1, -0.05) is 36.8 Å². The van der Waals surface area contributed by atoms with Crippen molar-refractivity contribution in [3.8, 4) is 0 Å². The van der Waals surface area contributed by atoms with Crippen molar-refractivity contribution in [3.63, 3.8) is 0 Å². The molecule has 0 aliphatic heterocycles. The number of aliphatic hydroxyl groups excluding tert-OH is 2. The van der Waals surface area contributed by atoms with Gasteiger partial charge in [0.25, 0.3) is 0 Å². The molecule has 0 bridgehead atoms. The van der Waals surface area contributed by atoms with Gasteiger partial charge in [-0.3, -0.25) is 0 Å². The first-order chi connectivity index (χ1) is 13.7. The molecule has 162 valence electrons. The van der Waals surface area contributed by atoms with Crippen LogP contribution in [0.5, 0.6) is 0 Å². The summed E-state index contributed by atoms with van der Waals surface area (Å²) in [6, 6.07) is 0. The van der Waals surface area contributed by atoms with Crippen LogP contribution in [0.1, 0.15) is 72.1 Å². The maximum absolute atomic E-state index is 10.1. The highest BCUT2D eigenvalue weighted by atomic mass is 16.5. The van der Waals surface area contributed by atoms with Crippen LogP contribution in [0.25, 0.3) is 0 Å². The molecule has 0 aromatic heterocycles. The van der Waals surface area contributed by atoms with E-state index in [1.807, 2.05) is 0 Å². The molecule has 3 nitrogen and oxygen atoms in total. The molecule has 29 heavy (non-hydrogen) atoms. The predicted octanol–water partition coefficient (Wildman–Crippen LogP) is 5.50. The monoisotopic (exact) mass is 400 g/mol. The molecule has 0 aromatic rings. The molecule has 3 rings (SSSR count). The highest BCUT2D eigenvalue weighted by molar-refractivity contribution is 5.38. The van der Waals surface area contributed by atoms with Crippen LogP contribution in [-0.2, 0) is 4.74 Å². The van der Waals surface area contributed by atoms with Gasteiger partial charge in [-0.2, -0.15) is 0 Å². The minimum atomic E-state index is -0.618. The average molecular weight is 401 g/mol. The van der Waals surface area contributed by atoms with Gasteiger partial charge in [0.15, 0.2) is 0 Å². The van der Waals surface area contributed by atoms with Crippen molar-refractivity contribution in [1.82, 2.24) is 0 Å². The smallest absolute Gasteiger partial charge is 0.0811 e. The van der Waals surface area contributed by atoms with Crippen LogP contribution < -0.4 is 0 Å². The summed E-state index contributed by atoms with van der Waals surface area (Å²) in [4.78, 5) is 0. The van der Waals surface area contributed by atoms with Crippen LogP contribution in [-0.4, -0.2) is 35.1 Å². The minimum Gasteiger partial charge on any atom is -0.393 e. The molecule has 0 unspecified atom stereocenters. The van der Waals surface area contributed by atoms with E-state index >= 15 is 0 Å². The van der Waals surface area contributed by atoms with Gasteiger partial charge in [0.1, 0.15) is 0 Å². The summed E-state index contributed by atoms with van der Waals surface area (Å²) in [5, 5.41) is 20.1. The second kappa shape index (κ2) is 9.32. The molecule has 0 saturated heterocycles. The van der Waals surface area contributed by atoms with Crippen molar-refractivity contribution >= 4 is 0 Å². The first kappa shape index (κ1) is 22.5. The summed E-state index contributed by atoms with van der Waals surface area (Å²) in [6.07, 6.45) is 11.6. The van der Waals surface area contributed by atoms with E-state index in [0.717, 1.165) is 30.6 Å². The van der Waals surface area contributed by atoms with Gasteiger partial charge in [0.2, 0.25) is 0 Å². The molecule has 3 aliphatic carbocycles. The van der Waals surface area contributed by atoms with Gasteiger partial charge >= 0.3 is 0 Å². The van der Waals surface area contributed by atoms with Crippen molar-refractivity contribution in [3.05, 3.63) is 47.6 Å². The number of ether oxygens (including phenoxy) is 1. The lowest BCUT2D eigenvalue weighted by molar-refractivity contribution is -0.0237. The Morgan fingerprint density at radius 1 is 1.31 bits per heavy atom. The van der Waals surface area contributed by atoms with E-state index in [-0.39, 0.29) is 6.10 Å². The second-order valence-corrected chi connectivity index (χ2v) is 9.95. The topological polar surface area (TPSA) is 49.7 Å². The number of allylic oxidation sites excluding steroid dienone is 3. The summed E-state index contributed by atoms with van der Waals surface area (Å²) < 4.78 is 6.22. The average Bonchev–Trinajstić information content (AvgIpc) is 3.00. The Labute approximate surface area is 177 Å². The Morgan fingerprint density at radius 3 is 2.79 bits per heavy atom. The fourth-order valence-electron chi connectivity index (χ4n) is 6.05. The van der Waals surface area contributed by atoms with Gasteiger partial charge in [-0.25, -0.2) is 0 Å². The first-order valence-corrected chi connectivity index (χ1v) is 11.4. The van der Waals surface area contributed by atoms with Gasteiger partial charge in [-0.05, 0) is 87.2 Å². The van der Waals surface area contributed by atoms with E-state index in [2.05, 4.69) is 46.1 Å². The van der Waals surface area contributed by atoms with Gasteiger partial charge < -0.3 is 14.9 Å². The maximum Gasteiger partial charge on any atom is 0.0811 e. The van der Waals surface area contributed by atoms with Crippen LogP contribution in [0.4, 0.5) is 0 Å². The molecule has 3 saturated carbocycles. The van der Waals surface area contributed by atoms with Gasteiger partial charge in [-0.15, -0.1) is 6.58 Å². The van der Waals surface area contributed by atoms with Crippen molar-refractivity contribution in [2.75, 3.05) is 6.61 Å². The van der Waals surface area contributed by atoms with E-state index in [1.54, 1.807) is 0 Å². The number of aliphatic hydroxyl groups is 2. The third kappa shape index (κ3) is 4.95. The number of rotatable bonds is 6. The van der Waals surface area contributed by atoms with E-state index in [0.29, 0.717) is 30.1 Å². The highest BCUT2D eigenvalue weighted by Crippen LogP contribution is 2.58. The summed E-state index contributed by atoms with van der Waals surface area (Å²) in [6.45, 7) is 15.6. The maximum atomic E-state index is 10.1. The zero-order chi connectivity index (χ0) is 21.2. The molecule has 3 heteroatoms. The summed E-state index contributed by atoms with van der Waals surface area (Å²) >= 11 is 0. The molecule has 3 fully saturated rings. The standard InChI is InChI=1S/C26H40O3/c1-17(2)12-14-29-19(4)23-10-11-24-20(7-6-13-26(23,24)5)8-9-21-15-22(27)16-25(28)18(21)3/h8-9,19,22-25,27-28H,1,3,6-7,10-16H2,2,4-5H3/b20-8+,21-9-/t19-,22+,23+,24-,25-,26+/m0/s1. The van der Waals surface area contributed by atoms with E-state index in [4.69, 9.17) is 4.74 Å². The van der Waals surface area contributed by atoms with Gasteiger partial charge in [0, 0.05) is 6.42 Å². The fraction of sp³-hybridized carbons (Fsp3) is 0.692. The lowest BCUT2D eigenvalue weighted by atomic mass is 9.62. The van der Waals surface area contributed by atoms with Crippen LogP contribution in [0.2, 0.25) is 0 Å². The third-order valence-corrected chi connectivity index (χ3v) is 7.78. The quantitative estimate of drug-likeness (QED) is 0.579. The Hall–Kier alpha value is -1.16.